The molecule has 0 aliphatic heterocycles. The molecule has 0 bridgehead atoms. The van der Waals surface area contributed by atoms with Crippen molar-refractivity contribution in [2.75, 3.05) is 5.32 Å². The second kappa shape index (κ2) is 6.62. The monoisotopic (exact) mass is 335 g/mol. The van der Waals surface area contributed by atoms with E-state index in [2.05, 4.69) is 17.4 Å². The summed E-state index contributed by atoms with van der Waals surface area (Å²) in [5.41, 5.74) is 18.7. The minimum atomic E-state index is -0.0431. The third-order valence-corrected chi connectivity index (χ3v) is 5.60. The summed E-state index contributed by atoms with van der Waals surface area (Å²) in [5, 5.41) is 3.14. The van der Waals surface area contributed by atoms with Gasteiger partial charge in [-0.25, -0.2) is 0 Å². The standard InChI is InChI=1S/C21H25N3O/c22-18-10-2-5-13-14(18)6-1-9-17(13)21(25)24-20-12-4-7-15-16(20)8-3-11-19(15)23/h1,4,6-7,9,12,18-19H,2-3,5,8,10-11,22-23H2,(H,24,25)/t18-,19-/m1/s1. The molecule has 4 heteroatoms. The van der Waals surface area contributed by atoms with Gasteiger partial charge in [-0.15, -0.1) is 0 Å². The van der Waals surface area contributed by atoms with Gasteiger partial charge in [0.1, 0.15) is 0 Å². The highest BCUT2D eigenvalue weighted by Gasteiger charge is 2.24. The summed E-state index contributed by atoms with van der Waals surface area (Å²) in [6.45, 7) is 0. The van der Waals surface area contributed by atoms with Crippen molar-refractivity contribution in [2.24, 2.45) is 11.5 Å². The van der Waals surface area contributed by atoms with Crippen molar-refractivity contribution in [3.05, 3.63) is 64.2 Å². The Bertz CT molecular complexity index is 815. The van der Waals surface area contributed by atoms with Crippen LogP contribution in [0.3, 0.4) is 0 Å². The molecule has 2 aromatic rings. The largest absolute Gasteiger partial charge is 0.324 e. The summed E-state index contributed by atoms with van der Waals surface area (Å²) in [4.78, 5) is 13.0. The third kappa shape index (κ3) is 2.96. The van der Waals surface area contributed by atoms with Crippen molar-refractivity contribution in [1.29, 1.82) is 0 Å². The van der Waals surface area contributed by atoms with Crippen molar-refractivity contribution in [3.63, 3.8) is 0 Å². The maximum Gasteiger partial charge on any atom is 0.255 e. The molecule has 4 rings (SSSR count). The van der Waals surface area contributed by atoms with E-state index in [1.54, 1.807) is 0 Å². The molecule has 130 valence electrons. The van der Waals surface area contributed by atoms with Crippen molar-refractivity contribution in [1.82, 2.24) is 0 Å². The number of amides is 1. The fraction of sp³-hybridized carbons (Fsp3) is 0.381. The molecule has 1 amide bonds. The molecule has 5 N–H and O–H groups in total. The first-order valence-electron chi connectivity index (χ1n) is 9.21. The lowest BCUT2D eigenvalue weighted by molar-refractivity contribution is 0.102. The fourth-order valence-electron chi connectivity index (χ4n) is 4.29. The van der Waals surface area contributed by atoms with Gasteiger partial charge in [-0.05, 0) is 72.9 Å². The lowest BCUT2D eigenvalue weighted by Crippen LogP contribution is -2.23. The van der Waals surface area contributed by atoms with Crippen LogP contribution in [0.5, 0.6) is 0 Å². The first kappa shape index (κ1) is 16.3. The molecule has 0 aromatic heterocycles. The molecular formula is C21H25N3O. The highest BCUT2D eigenvalue weighted by atomic mass is 16.1. The van der Waals surface area contributed by atoms with Crippen LogP contribution in [0.4, 0.5) is 5.69 Å². The van der Waals surface area contributed by atoms with Crippen LogP contribution in [0.2, 0.25) is 0 Å². The number of anilines is 1. The van der Waals surface area contributed by atoms with Gasteiger partial charge in [-0.3, -0.25) is 4.79 Å². The van der Waals surface area contributed by atoms with Crippen molar-refractivity contribution in [3.8, 4) is 0 Å². The molecule has 4 nitrogen and oxygen atoms in total. The number of hydrogen-bond acceptors (Lipinski definition) is 3. The summed E-state index contributed by atoms with van der Waals surface area (Å²) >= 11 is 0. The summed E-state index contributed by atoms with van der Waals surface area (Å²) in [5.74, 6) is -0.0431. The Balaban J connectivity index is 1.66. The minimum Gasteiger partial charge on any atom is -0.324 e. The van der Waals surface area contributed by atoms with Gasteiger partial charge in [0.15, 0.2) is 0 Å². The Morgan fingerprint density at radius 2 is 1.48 bits per heavy atom. The number of benzene rings is 2. The van der Waals surface area contributed by atoms with Crippen molar-refractivity contribution >= 4 is 11.6 Å². The minimum absolute atomic E-state index is 0.0407. The van der Waals surface area contributed by atoms with Crippen LogP contribution in [-0.2, 0) is 12.8 Å². The van der Waals surface area contributed by atoms with Crippen LogP contribution in [0.1, 0.15) is 70.4 Å². The topological polar surface area (TPSA) is 81.1 Å². The van der Waals surface area contributed by atoms with E-state index in [4.69, 9.17) is 11.5 Å². The SMILES string of the molecule is N[C@@H]1CCCc2c(NC(=O)c3cccc4c3CCC[C@H]4N)cccc21. The Hall–Kier alpha value is -2.17. The summed E-state index contributed by atoms with van der Waals surface area (Å²) in [7, 11) is 0. The average Bonchev–Trinajstić information content (AvgIpc) is 2.62. The zero-order valence-electron chi connectivity index (χ0n) is 14.4. The van der Waals surface area contributed by atoms with Gasteiger partial charge in [-0.2, -0.15) is 0 Å². The van der Waals surface area contributed by atoms with Gasteiger partial charge in [-0.1, -0.05) is 24.3 Å². The zero-order chi connectivity index (χ0) is 17.4. The number of carbonyl (C=O) groups excluding carboxylic acids is 1. The number of nitrogens with one attached hydrogen (secondary N) is 1. The quantitative estimate of drug-likeness (QED) is 0.784. The highest BCUT2D eigenvalue weighted by Crippen LogP contribution is 2.34. The molecule has 2 atom stereocenters. The van der Waals surface area contributed by atoms with Gasteiger partial charge < -0.3 is 16.8 Å². The van der Waals surface area contributed by atoms with Crippen LogP contribution in [0, 0.1) is 0 Å². The van der Waals surface area contributed by atoms with Crippen LogP contribution in [0.25, 0.3) is 0 Å². The molecular weight excluding hydrogens is 310 g/mol. The lowest BCUT2D eigenvalue weighted by atomic mass is 9.85. The first-order valence-corrected chi connectivity index (χ1v) is 9.21. The van der Waals surface area contributed by atoms with E-state index >= 15 is 0 Å². The molecule has 0 saturated heterocycles. The van der Waals surface area contributed by atoms with Crippen LogP contribution in [0.15, 0.2) is 36.4 Å². The van der Waals surface area contributed by atoms with E-state index < -0.39 is 0 Å². The van der Waals surface area contributed by atoms with Gasteiger partial charge in [0.25, 0.3) is 5.91 Å². The van der Waals surface area contributed by atoms with E-state index in [0.29, 0.717) is 0 Å². The molecule has 2 aromatic carbocycles. The van der Waals surface area contributed by atoms with Crippen LogP contribution < -0.4 is 16.8 Å². The molecule has 0 heterocycles. The third-order valence-electron chi connectivity index (χ3n) is 5.60. The maximum absolute atomic E-state index is 13.0. The Labute approximate surface area is 148 Å². The van der Waals surface area contributed by atoms with Gasteiger partial charge in [0, 0.05) is 23.3 Å². The Morgan fingerprint density at radius 3 is 2.20 bits per heavy atom. The van der Waals surface area contributed by atoms with Crippen LogP contribution >= 0.6 is 0 Å². The molecule has 0 radical (unpaired) electrons. The lowest BCUT2D eigenvalue weighted by Gasteiger charge is -2.26. The van der Waals surface area contributed by atoms with E-state index in [-0.39, 0.29) is 18.0 Å². The smallest absolute Gasteiger partial charge is 0.255 e. The van der Waals surface area contributed by atoms with Crippen LogP contribution in [-0.4, -0.2) is 5.91 Å². The second-order valence-electron chi connectivity index (χ2n) is 7.20. The second-order valence-corrected chi connectivity index (χ2v) is 7.20. The Kier molecular flexibility index (Phi) is 4.32. The first-order chi connectivity index (χ1) is 12.1. The zero-order valence-corrected chi connectivity index (χ0v) is 14.4. The van der Waals surface area contributed by atoms with E-state index in [9.17, 15) is 4.79 Å². The van der Waals surface area contributed by atoms with Crippen molar-refractivity contribution < 1.29 is 4.79 Å². The molecule has 0 spiro atoms. The predicted octanol–water partition coefficient (Wildman–Crippen LogP) is 3.61. The van der Waals surface area contributed by atoms with E-state index in [1.165, 1.54) is 11.1 Å². The molecule has 2 aliphatic carbocycles. The normalized spacial score (nSPS) is 22.0. The number of fused-ring (bicyclic) bond motifs is 2. The summed E-state index contributed by atoms with van der Waals surface area (Å²) in [6, 6.07) is 12.1. The summed E-state index contributed by atoms with van der Waals surface area (Å²) in [6.07, 6.45) is 5.99. The average molecular weight is 335 g/mol. The molecule has 2 aliphatic rings. The predicted molar refractivity (Wildman–Crippen MR) is 101 cm³/mol. The van der Waals surface area contributed by atoms with Gasteiger partial charge in [0.2, 0.25) is 0 Å². The number of nitrogens with two attached hydrogens (primary N) is 2. The number of carbonyl (C=O) groups is 1. The Morgan fingerprint density at radius 1 is 0.880 bits per heavy atom. The summed E-state index contributed by atoms with van der Waals surface area (Å²) < 4.78 is 0. The number of rotatable bonds is 2. The molecule has 25 heavy (non-hydrogen) atoms. The number of hydrogen-bond donors (Lipinski definition) is 3. The molecule has 0 fully saturated rings. The van der Waals surface area contributed by atoms with Crippen molar-refractivity contribution in [2.45, 2.75) is 50.6 Å². The van der Waals surface area contributed by atoms with E-state index in [0.717, 1.165) is 60.9 Å². The molecule has 0 unspecified atom stereocenters. The highest BCUT2D eigenvalue weighted by molar-refractivity contribution is 6.06. The maximum atomic E-state index is 13.0. The van der Waals surface area contributed by atoms with Gasteiger partial charge in [0.05, 0.1) is 0 Å². The fourth-order valence-corrected chi connectivity index (χ4v) is 4.29. The van der Waals surface area contributed by atoms with Gasteiger partial charge >= 0.3 is 0 Å². The van der Waals surface area contributed by atoms with E-state index in [1.807, 2.05) is 24.3 Å². The molecule has 0 saturated carbocycles.